The topological polar surface area (TPSA) is 92.4 Å². The third kappa shape index (κ3) is 3.48. The van der Waals surface area contributed by atoms with E-state index in [-0.39, 0.29) is 18.4 Å². The van der Waals surface area contributed by atoms with Gasteiger partial charge in [-0.2, -0.15) is 0 Å². The van der Waals surface area contributed by atoms with Crippen molar-refractivity contribution in [2.24, 2.45) is 17.1 Å². The molecule has 0 aliphatic carbocycles. The second-order valence-corrected chi connectivity index (χ2v) is 4.65. The largest absolute Gasteiger partial charge is 0.480 e. The summed E-state index contributed by atoms with van der Waals surface area (Å²) in [6, 6.07) is -0.857. The van der Waals surface area contributed by atoms with Crippen LogP contribution in [0.2, 0.25) is 0 Å². The molecule has 94 valence electrons. The lowest BCUT2D eigenvalue weighted by molar-refractivity contribution is -0.144. The molecular formula is C11H22N2O3. The molecule has 0 aliphatic heterocycles. The highest BCUT2D eigenvalue weighted by Gasteiger charge is 2.33. The summed E-state index contributed by atoms with van der Waals surface area (Å²) < 4.78 is 0. The van der Waals surface area contributed by atoms with E-state index in [1.165, 1.54) is 0 Å². The zero-order valence-corrected chi connectivity index (χ0v) is 10.4. The molecule has 0 fully saturated rings. The summed E-state index contributed by atoms with van der Waals surface area (Å²) in [4.78, 5) is 22.8. The second kappa shape index (κ2) is 5.84. The number of amides is 1. The van der Waals surface area contributed by atoms with Crippen LogP contribution in [0.4, 0.5) is 0 Å². The number of carbonyl (C=O) groups excluding carboxylic acids is 1. The van der Waals surface area contributed by atoms with Crippen LogP contribution in [0.5, 0.6) is 0 Å². The predicted molar refractivity (Wildman–Crippen MR) is 61.9 cm³/mol. The highest BCUT2D eigenvalue weighted by atomic mass is 16.4. The number of aliphatic carboxylic acids is 1. The summed E-state index contributed by atoms with van der Waals surface area (Å²) in [6.07, 6.45) is 0.583. The summed E-state index contributed by atoms with van der Waals surface area (Å²) in [5, 5.41) is 11.5. The molecule has 0 aliphatic rings. The minimum atomic E-state index is -1.01. The first-order chi connectivity index (χ1) is 7.28. The van der Waals surface area contributed by atoms with Crippen LogP contribution in [0.15, 0.2) is 0 Å². The van der Waals surface area contributed by atoms with Gasteiger partial charge in [-0.25, -0.2) is 4.79 Å². The maximum absolute atomic E-state index is 11.9. The van der Waals surface area contributed by atoms with Crippen LogP contribution in [0, 0.1) is 11.3 Å². The van der Waals surface area contributed by atoms with Crippen LogP contribution < -0.4 is 11.1 Å². The molecule has 0 radical (unpaired) electrons. The molecule has 0 saturated heterocycles. The maximum Gasteiger partial charge on any atom is 0.326 e. The molecular weight excluding hydrogens is 208 g/mol. The van der Waals surface area contributed by atoms with Crippen LogP contribution >= 0.6 is 0 Å². The molecule has 2 unspecified atom stereocenters. The van der Waals surface area contributed by atoms with Gasteiger partial charge in [0.05, 0.1) is 5.41 Å². The molecule has 0 aromatic carbocycles. The quantitative estimate of drug-likeness (QED) is 0.622. The Balaban J connectivity index is 4.70. The summed E-state index contributed by atoms with van der Waals surface area (Å²) >= 11 is 0. The fourth-order valence-electron chi connectivity index (χ4n) is 1.23. The van der Waals surface area contributed by atoms with E-state index in [9.17, 15) is 9.59 Å². The highest BCUT2D eigenvalue weighted by Crippen LogP contribution is 2.20. The Morgan fingerprint density at radius 1 is 1.44 bits per heavy atom. The number of rotatable bonds is 6. The zero-order chi connectivity index (χ0) is 12.9. The van der Waals surface area contributed by atoms with Crippen LogP contribution in [-0.4, -0.2) is 29.6 Å². The highest BCUT2D eigenvalue weighted by molar-refractivity contribution is 5.87. The molecule has 0 saturated carbocycles. The Hall–Kier alpha value is -1.10. The minimum Gasteiger partial charge on any atom is -0.480 e. The Morgan fingerprint density at radius 2 is 1.94 bits per heavy atom. The molecule has 0 bridgehead atoms. The lowest BCUT2D eigenvalue weighted by Crippen LogP contribution is -2.51. The monoisotopic (exact) mass is 230 g/mol. The Morgan fingerprint density at radius 3 is 2.19 bits per heavy atom. The van der Waals surface area contributed by atoms with Crippen molar-refractivity contribution in [3.05, 3.63) is 0 Å². The molecule has 0 spiro atoms. The normalized spacial score (nSPS) is 16.6. The van der Waals surface area contributed by atoms with Crippen molar-refractivity contribution >= 4 is 11.9 Å². The molecule has 1 amide bonds. The van der Waals surface area contributed by atoms with Crippen molar-refractivity contribution in [3.63, 3.8) is 0 Å². The van der Waals surface area contributed by atoms with Gasteiger partial charge in [-0.15, -0.1) is 0 Å². The SMILES string of the molecule is CCC(C)(CN)C(=O)NC(C(=O)O)C(C)C. The first kappa shape index (κ1) is 14.9. The lowest BCUT2D eigenvalue weighted by Gasteiger charge is -2.28. The van der Waals surface area contributed by atoms with Crippen molar-refractivity contribution in [2.75, 3.05) is 6.54 Å². The van der Waals surface area contributed by atoms with E-state index in [4.69, 9.17) is 10.8 Å². The van der Waals surface area contributed by atoms with Gasteiger partial charge in [0, 0.05) is 6.54 Å². The summed E-state index contributed by atoms with van der Waals surface area (Å²) in [5.41, 5.74) is 4.85. The Bertz CT molecular complexity index is 260. The van der Waals surface area contributed by atoms with E-state index in [0.29, 0.717) is 6.42 Å². The van der Waals surface area contributed by atoms with Gasteiger partial charge in [-0.1, -0.05) is 20.8 Å². The van der Waals surface area contributed by atoms with E-state index in [1.807, 2.05) is 6.92 Å². The predicted octanol–water partition coefficient (Wildman–Crippen LogP) is 0.587. The van der Waals surface area contributed by atoms with E-state index >= 15 is 0 Å². The van der Waals surface area contributed by atoms with Gasteiger partial charge in [0.1, 0.15) is 6.04 Å². The maximum atomic E-state index is 11.9. The van der Waals surface area contributed by atoms with Crippen LogP contribution in [0.1, 0.15) is 34.1 Å². The van der Waals surface area contributed by atoms with Gasteiger partial charge < -0.3 is 16.2 Å². The first-order valence-corrected chi connectivity index (χ1v) is 5.52. The Kier molecular flexibility index (Phi) is 5.44. The molecule has 0 aromatic heterocycles. The number of carboxylic acids is 1. The van der Waals surface area contributed by atoms with Crippen LogP contribution in [0.25, 0.3) is 0 Å². The number of hydrogen-bond acceptors (Lipinski definition) is 3. The average molecular weight is 230 g/mol. The van der Waals surface area contributed by atoms with E-state index in [2.05, 4.69) is 5.32 Å². The number of nitrogens with two attached hydrogens (primary N) is 1. The van der Waals surface area contributed by atoms with Gasteiger partial charge in [-0.05, 0) is 19.3 Å². The summed E-state index contributed by atoms with van der Waals surface area (Å²) in [6.45, 7) is 7.31. The first-order valence-electron chi connectivity index (χ1n) is 5.52. The third-order valence-corrected chi connectivity index (χ3v) is 3.00. The standard InChI is InChI=1S/C11H22N2O3/c1-5-11(4,6-12)10(16)13-8(7(2)3)9(14)15/h7-8H,5-6,12H2,1-4H3,(H,13,16)(H,14,15). The number of carbonyl (C=O) groups is 2. The van der Waals surface area contributed by atoms with Crippen LogP contribution in [0.3, 0.4) is 0 Å². The van der Waals surface area contributed by atoms with Crippen molar-refractivity contribution in [1.82, 2.24) is 5.32 Å². The smallest absolute Gasteiger partial charge is 0.326 e. The molecule has 0 rings (SSSR count). The zero-order valence-electron chi connectivity index (χ0n) is 10.4. The average Bonchev–Trinajstić information content (AvgIpc) is 2.23. The molecule has 16 heavy (non-hydrogen) atoms. The summed E-state index contributed by atoms with van der Waals surface area (Å²) in [5.74, 6) is -1.46. The molecule has 5 nitrogen and oxygen atoms in total. The second-order valence-electron chi connectivity index (χ2n) is 4.65. The number of hydrogen-bond donors (Lipinski definition) is 3. The van der Waals surface area contributed by atoms with Crippen molar-refractivity contribution in [3.8, 4) is 0 Å². The van der Waals surface area contributed by atoms with Gasteiger partial charge in [0.2, 0.25) is 5.91 Å². The van der Waals surface area contributed by atoms with Crippen molar-refractivity contribution in [2.45, 2.75) is 40.2 Å². The molecule has 2 atom stereocenters. The van der Waals surface area contributed by atoms with E-state index in [0.717, 1.165) is 0 Å². The van der Waals surface area contributed by atoms with Gasteiger partial charge >= 0.3 is 5.97 Å². The van der Waals surface area contributed by atoms with E-state index in [1.54, 1.807) is 20.8 Å². The summed E-state index contributed by atoms with van der Waals surface area (Å²) in [7, 11) is 0. The van der Waals surface area contributed by atoms with Crippen LogP contribution in [-0.2, 0) is 9.59 Å². The minimum absolute atomic E-state index is 0.152. The van der Waals surface area contributed by atoms with Gasteiger partial charge in [0.25, 0.3) is 0 Å². The Labute approximate surface area is 96.4 Å². The number of carboxylic acid groups (broad SMARTS) is 1. The molecule has 5 heteroatoms. The fourth-order valence-corrected chi connectivity index (χ4v) is 1.23. The third-order valence-electron chi connectivity index (χ3n) is 3.00. The molecule has 0 aromatic rings. The van der Waals surface area contributed by atoms with E-state index < -0.39 is 17.4 Å². The van der Waals surface area contributed by atoms with Crippen molar-refractivity contribution in [1.29, 1.82) is 0 Å². The molecule has 0 heterocycles. The van der Waals surface area contributed by atoms with Crippen molar-refractivity contribution < 1.29 is 14.7 Å². The fraction of sp³-hybridized carbons (Fsp3) is 0.818. The molecule has 4 N–H and O–H groups in total. The number of nitrogens with one attached hydrogen (secondary N) is 1. The lowest BCUT2D eigenvalue weighted by atomic mass is 9.86. The van der Waals surface area contributed by atoms with Gasteiger partial charge in [-0.3, -0.25) is 4.79 Å². The van der Waals surface area contributed by atoms with Gasteiger partial charge in [0.15, 0.2) is 0 Å².